The summed E-state index contributed by atoms with van der Waals surface area (Å²) < 4.78 is 0. The van der Waals surface area contributed by atoms with E-state index in [0.717, 1.165) is 6.42 Å². The zero-order valence-corrected chi connectivity index (χ0v) is 11.7. The van der Waals surface area contributed by atoms with Crippen molar-refractivity contribution in [2.45, 2.75) is 19.3 Å². The summed E-state index contributed by atoms with van der Waals surface area (Å²) in [6.07, 6.45) is 3.59. The molecule has 2 nitrogen and oxygen atoms in total. The molecule has 0 saturated carbocycles. The molecule has 0 N–H and O–H groups in total. The van der Waals surface area contributed by atoms with Crippen LogP contribution in [0.3, 0.4) is 0 Å². The van der Waals surface area contributed by atoms with Crippen LogP contribution in [0.1, 0.15) is 24.0 Å². The number of hydrogen-bond acceptors (Lipinski definition) is 2. The third-order valence-corrected chi connectivity index (χ3v) is 4.60. The minimum atomic E-state index is -0.0484. The fourth-order valence-corrected chi connectivity index (χ4v) is 3.61. The molecule has 2 heteroatoms. The molecule has 0 spiro atoms. The molecule has 1 unspecified atom stereocenters. The largest absolute Gasteiger partial charge is 0.290 e. The van der Waals surface area contributed by atoms with Gasteiger partial charge in [-0.1, -0.05) is 36.4 Å². The van der Waals surface area contributed by atoms with Crippen LogP contribution in [0, 0.1) is 0 Å². The molecule has 2 aromatic rings. The molecule has 2 aliphatic rings. The maximum absolute atomic E-state index is 12.3. The predicted molar refractivity (Wildman–Crippen MR) is 82.2 cm³/mol. The molecule has 1 atom stereocenters. The summed E-state index contributed by atoms with van der Waals surface area (Å²) in [5.41, 5.74) is 3.71. The van der Waals surface area contributed by atoms with Crippen molar-refractivity contribution in [1.82, 2.24) is 0 Å². The predicted octanol–water partition coefficient (Wildman–Crippen LogP) is 3.50. The van der Waals surface area contributed by atoms with Crippen LogP contribution in [0.2, 0.25) is 0 Å². The van der Waals surface area contributed by atoms with Crippen LogP contribution in [0.15, 0.2) is 59.7 Å². The first-order valence-electron chi connectivity index (χ1n) is 7.15. The second kappa shape index (κ2) is 4.26. The van der Waals surface area contributed by atoms with Crippen LogP contribution >= 0.6 is 0 Å². The lowest BCUT2D eigenvalue weighted by atomic mass is 9.82. The molecule has 0 aliphatic heterocycles. The number of rotatable bonds is 1. The van der Waals surface area contributed by atoms with E-state index in [2.05, 4.69) is 30.3 Å². The molecular formula is C19H14O2. The third-order valence-electron chi connectivity index (χ3n) is 4.60. The van der Waals surface area contributed by atoms with Gasteiger partial charge < -0.3 is 0 Å². The highest BCUT2D eigenvalue weighted by Gasteiger charge is 2.33. The van der Waals surface area contributed by atoms with Crippen LogP contribution < -0.4 is 0 Å². The average molecular weight is 274 g/mol. The molecule has 2 aliphatic carbocycles. The quantitative estimate of drug-likeness (QED) is 0.746. The zero-order valence-electron chi connectivity index (χ0n) is 11.7. The Balaban J connectivity index is 1.95. The van der Waals surface area contributed by atoms with Gasteiger partial charge in [-0.15, -0.1) is 0 Å². The minimum absolute atomic E-state index is 0.00694. The number of allylic oxidation sites excluding steroid dienone is 4. The van der Waals surface area contributed by atoms with Crippen molar-refractivity contribution in [2.24, 2.45) is 0 Å². The van der Waals surface area contributed by atoms with E-state index in [1.807, 2.05) is 6.07 Å². The van der Waals surface area contributed by atoms with Gasteiger partial charge in [-0.25, -0.2) is 0 Å². The lowest BCUT2D eigenvalue weighted by Gasteiger charge is -2.19. The van der Waals surface area contributed by atoms with Gasteiger partial charge in [0, 0.05) is 17.1 Å². The molecule has 0 radical (unpaired) electrons. The number of carbonyl (C=O) groups excluding carboxylic acids is 2. The van der Waals surface area contributed by atoms with Gasteiger partial charge in [0.15, 0.2) is 11.6 Å². The Kier molecular flexibility index (Phi) is 2.49. The van der Waals surface area contributed by atoms with Crippen molar-refractivity contribution >= 4 is 22.3 Å². The van der Waals surface area contributed by atoms with Crippen LogP contribution in [0.4, 0.5) is 0 Å². The Hall–Kier alpha value is -2.48. The van der Waals surface area contributed by atoms with Gasteiger partial charge in [0.25, 0.3) is 0 Å². The molecule has 0 amide bonds. The molecule has 0 bridgehead atoms. The van der Waals surface area contributed by atoms with Gasteiger partial charge >= 0.3 is 0 Å². The topological polar surface area (TPSA) is 34.1 Å². The summed E-state index contributed by atoms with van der Waals surface area (Å²) in [6.45, 7) is 1.77. The van der Waals surface area contributed by atoms with Crippen molar-refractivity contribution < 1.29 is 9.59 Å². The number of carbonyl (C=O) groups is 2. The van der Waals surface area contributed by atoms with Crippen LogP contribution in [-0.2, 0) is 16.0 Å². The van der Waals surface area contributed by atoms with Crippen LogP contribution in [0.5, 0.6) is 0 Å². The fraction of sp³-hybridized carbons (Fsp3) is 0.158. The molecule has 4 rings (SSSR count). The first kappa shape index (κ1) is 12.3. The van der Waals surface area contributed by atoms with Crippen molar-refractivity contribution in [2.75, 3.05) is 0 Å². The number of benzene rings is 2. The van der Waals surface area contributed by atoms with Gasteiger partial charge in [0.05, 0.1) is 0 Å². The first-order chi connectivity index (χ1) is 10.2. The van der Waals surface area contributed by atoms with Crippen molar-refractivity contribution in [3.8, 4) is 0 Å². The highest BCUT2D eigenvalue weighted by atomic mass is 16.1. The summed E-state index contributed by atoms with van der Waals surface area (Å²) >= 11 is 0. The molecule has 0 aromatic heterocycles. The molecule has 0 fully saturated rings. The summed E-state index contributed by atoms with van der Waals surface area (Å²) in [4.78, 5) is 24.2. The smallest absolute Gasteiger partial charge is 0.182 e. The molecular weight excluding hydrogens is 260 g/mol. The van der Waals surface area contributed by atoms with Crippen LogP contribution in [0.25, 0.3) is 10.8 Å². The standard InChI is InChI=1S/C19H14O2/c1-11-16(20)8-9-17(21)18(11)15-10-13-6-2-4-12-5-3-7-14(15)19(12)13/h2-9,15H,10H2,1H3. The van der Waals surface area contributed by atoms with Crippen molar-refractivity contribution in [3.05, 3.63) is 70.8 Å². The van der Waals surface area contributed by atoms with E-state index < -0.39 is 0 Å². The van der Waals surface area contributed by atoms with Crippen molar-refractivity contribution in [3.63, 3.8) is 0 Å². The average Bonchev–Trinajstić information content (AvgIpc) is 2.85. The highest BCUT2D eigenvalue weighted by Crippen LogP contribution is 2.43. The molecule has 21 heavy (non-hydrogen) atoms. The maximum Gasteiger partial charge on any atom is 0.182 e. The fourth-order valence-electron chi connectivity index (χ4n) is 3.61. The van der Waals surface area contributed by atoms with Gasteiger partial charge in [-0.3, -0.25) is 9.59 Å². The SMILES string of the molecule is CC1=C(C2Cc3cccc4cccc2c34)C(=O)C=CC1=O. The lowest BCUT2D eigenvalue weighted by Crippen LogP contribution is -2.18. The Labute approximate surface area is 122 Å². The number of hydrogen-bond donors (Lipinski definition) is 0. The zero-order chi connectivity index (χ0) is 14.6. The molecule has 0 saturated heterocycles. The van der Waals surface area contributed by atoms with Gasteiger partial charge in [0.2, 0.25) is 0 Å². The van der Waals surface area contributed by atoms with Gasteiger partial charge in [-0.05, 0) is 47.4 Å². The lowest BCUT2D eigenvalue weighted by molar-refractivity contribution is -0.115. The second-order valence-electron chi connectivity index (χ2n) is 5.72. The summed E-state index contributed by atoms with van der Waals surface area (Å²) in [7, 11) is 0. The summed E-state index contributed by atoms with van der Waals surface area (Å²) in [5, 5.41) is 2.45. The first-order valence-corrected chi connectivity index (χ1v) is 7.15. The highest BCUT2D eigenvalue weighted by molar-refractivity contribution is 6.20. The van der Waals surface area contributed by atoms with E-state index >= 15 is 0 Å². The Morgan fingerprint density at radius 3 is 2.48 bits per heavy atom. The van der Waals surface area contributed by atoms with E-state index in [-0.39, 0.29) is 17.5 Å². The molecule has 102 valence electrons. The second-order valence-corrected chi connectivity index (χ2v) is 5.72. The summed E-state index contributed by atoms with van der Waals surface area (Å²) in [5.74, 6) is -0.0675. The van der Waals surface area contributed by atoms with E-state index in [0.29, 0.717) is 11.1 Å². The van der Waals surface area contributed by atoms with E-state index in [9.17, 15) is 9.59 Å². The maximum atomic E-state index is 12.3. The van der Waals surface area contributed by atoms with Gasteiger partial charge in [0.1, 0.15) is 0 Å². The van der Waals surface area contributed by atoms with Crippen LogP contribution in [-0.4, -0.2) is 11.6 Å². The Morgan fingerprint density at radius 2 is 1.67 bits per heavy atom. The Morgan fingerprint density at radius 1 is 0.952 bits per heavy atom. The van der Waals surface area contributed by atoms with E-state index in [1.54, 1.807) is 6.92 Å². The van der Waals surface area contributed by atoms with Gasteiger partial charge in [-0.2, -0.15) is 0 Å². The summed E-state index contributed by atoms with van der Waals surface area (Å²) in [6, 6.07) is 12.5. The third kappa shape index (κ3) is 1.65. The van der Waals surface area contributed by atoms with E-state index in [4.69, 9.17) is 0 Å². The number of ketones is 2. The molecule has 0 heterocycles. The van der Waals surface area contributed by atoms with Crippen molar-refractivity contribution in [1.29, 1.82) is 0 Å². The Bertz CT molecular complexity index is 863. The normalized spacial score (nSPS) is 20.7. The monoisotopic (exact) mass is 274 g/mol. The van der Waals surface area contributed by atoms with E-state index in [1.165, 1.54) is 34.1 Å². The molecule has 2 aromatic carbocycles. The minimum Gasteiger partial charge on any atom is -0.290 e.